The van der Waals surface area contributed by atoms with Gasteiger partial charge in [0.15, 0.2) is 5.78 Å². The molecule has 0 aliphatic carbocycles. The molecule has 0 saturated heterocycles. The summed E-state index contributed by atoms with van der Waals surface area (Å²) in [6, 6.07) is 0. The van der Waals surface area contributed by atoms with E-state index in [1.807, 2.05) is 13.8 Å². The Morgan fingerprint density at radius 3 is 2.46 bits per heavy atom. The Morgan fingerprint density at radius 2 is 2.00 bits per heavy atom. The fourth-order valence-corrected chi connectivity index (χ4v) is 1.10. The molecular weight excluding hydrogens is 168 g/mol. The van der Waals surface area contributed by atoms with E-state index in [1.165, 1.54) is 0 Å². The van der Waals surface area contributed by atoms with Crippen molar-refractivity contribution in [2.45, 2.75) is 45.6 Å². The minimum absolute atomic E-state index is 0.0432. The van der Waals surface area contributed by atoms with Crippen molar-refractivity contribution in [1.82, 2.24) is 0 Å². The second-order valence-electron chi connectivity index (χ2n) is 3.48. The van der Waals surface area contributed by atoms with E-state index in [4.69, 9.17) is 5.11 Å². The summed E-state index contributed by atoms with van der Waals surface area (Å²) >= 11 is 0. The van der Waals surface area contributed by atoms with Crippen molar-refractivity contribution in [1.29, 1.82) is 0 Å². The summed E-state index contributed by atoms with van der Waals surface area (Å²) in [7, 11) is 0. The Bertz CT molecular complexity index is 145. The predicted octanol–water partition coefficient (Wildman–Crippen LogP) is 1.13. The first-order valence-corrected chi connectivity index (χ1v) is 4.95. The molecule has 0 fully saturated rings. The molecular formula is C10H20O3. The number of carbonyl (C=O) groups excluding carboxylic acids is 1. The lowest BCUT2D eigenvalue weighted by atomic mass is 9.96. The van der Waals surface area contributed by atoms with Crippen LogP contribution in [0.25, 0.3) is 0 Å². The highest BCUT2D eigenvalue weighted by molar-refractivity contribution is 5.82. The molecule has 2 N–H and O–H groups in total. The van der Waals surface area contributed by atoms with Crippen LogP contribution in [0.4, 0.5) is 0 Å². The third-order valence-electron chi connectivity index (χ3n) is 2.34. The third-order valence-corrected chi connectivity index (χ3v) is 2.34. The van der Waals surface area contributed by atoms with Gasteiger partial charge in [-0.05, 0) is 18.8 Å². The van der Waals surface area contributed by atoms with Gasteiger partial charge in [-0.3, -0.25) is 4.79 Å². The lowest BCUT2D eigenvalue weighted by molar-refractivity contribution is -0.129. The third kappa shape index (κ3) is 5.01. The first-order chi connectivity index (χ1) is 6.13. The number of aliphatic hydroxyl groups excluding tert-OH is 2. The van der Waals surface area contributed by atoms with Gasteiger partial charge < -0.3 is 10.2 Å². The topological polar surface area (TPSA) is 57.5 Å². The van der Waals surface area contributed by atoms with Gasteiger partial charge in [0.05, 0.1) is 0 Å². The molecule has 0 spiro atoms. The van der Waals surface area contributed by atoms with Crippen molar-refractivity contribution in [3.8, 4) is 0 Å². The van der Waals surface area contributed by atoms with Gasteiger partial charge in [-0.2, -0.15) is 0 Å². The Morgan fingerprint density at radius 1 is 1.38 bits per heavy atom. The van der Waals surface area contributed by atoms with E-state index < -0.39 is 6.10 Å². The maximum absolute atomic E-state index is 11.3. The first-order valence-electron chi connectivity index (χ1n) is 4.95. The average molecular weight is 188 g/mol. The molecule has 2 atom stereocenters. The summed E-state index contributed by atoms with van der Waals surface area (Å²) in [5.41, 5.74) is 0. The molecule has 0 aromatic rings. The molecule has 0 aliphatic heterocycles. The molecule has 2 unspecified atom stereocenters. The van der Waals surface area contributed by atoms with Gasteiger partial charge in [0.2, 0.25) is 0 Å². The van der Waals surface area contributed by atoms with E-state index in [9.17, 15) is 9.90 Å². The molecule has 0 rings (SSSR count). The Hall–Kier alpha value is -0.410. The van der Waals surface area contributed by atoms with Gasteiger partial charge in [-0.15, -0.1) is 0 Å². The van der Waals surface area contributed by atoms with Crippen LogP contribution in [-0.4, -0.2) is 28.7 Å². The van der Waals surface area contributed by atoms with Crippen LogP contribution in [0.5, 0.6) is 0 Å². The van der Waals surface area contributed by atoms with Gasteiger partial charge in [-0.1, -0.05) is 20.3 Å². The number of hydrogen-bond donors (Lipinski definition) is 2. The zero-order chi connectivity index (χ0) is 10.3. The number of rotatable bonds is 7. The normalized spacial score (nSPS) is 15.4. The zero-order valence-corrected chi connectivity index (χ0v) is 8.49. The van der Waals surface area contributed by atoms with Crippen LogP contribution in [0, 0.1) is 5.92 Å². The van der Waals surface area contributed by atoms with Gasteiger partial charge >= 0.3 is 0 Å². The summed E-state index contributed by atoms with van der Waals surface area (Å²) < 4.78 is 0. The SMILES string of the molecule is CCC(C)C(O)C(=O)CCCCO. The first kappa shape index (κ1) is 12.6. The van der Waals surface area contributed by atoms with Crippen molar-refractivity contribution >= 4 is 5.78 Å². The standard InChI is InChI=1S/C10H20O3/c1-3-8(2)10(13)9(12)6-4-5-7-11/h8,10-11,13H,3-7H2,1-2H3. The molecule has 13 heavy (non-hydrogen) atoms. The largest absolute Gasteiger partial charge is 0.396 e. The van der Waals surface area contributed by atoms with E-state index in [0.717, 1.165) is 6.42 Å². The summed E-state index contributed by atoms with van der Waals surface area (Å²) in [5, 5.41) is 18.0. The molecule has 3 nitrogen and oxygen atoms in total. The van der Waals surface area contributed by atoms with Gasteiger partial charge in [0, 0.05) is 13.0 Å². The molecule has 78 valence electrons. The number of ketones is 1. The number of hydrogen-bond acceptors (Lipinski definition) is 3. The second kappa shape index (κ2) is 7.04. The maximum Gasteiger partial charge on any atom is 0.161 e. The molecule has 0 bridgehead atoms. The van der Waals surface area contributed by atoms with Crippen LogP contribution in [0.2, 0.25) is 0 Å². The van der Waals surface area contributed by atoms with Crippen LogP contribution in [0.1, 0.15) is 39.5 Å². The van der Waals surface area contributed by atoms with Crippen LogP contribution >= 0.6 is 0 Å². The highest BCUT2D eigenvalue weighted by atomic mass is 16.3. The smallest absolute Gasteiger partial charge is 0.161 e. The highest BCUT2D eigenvalue weighted by Crippen LogP contribution is 2.11. The van der Waals surface area contributed by atoms with Crippen molar-refractivity contribution in [2.75, 3.05) is 6.61 Å². The molecule has 0 aromatic carbocycles. The zero-order valence-electron chi connectivity index (χ0n) is 8.49. The van der Waals surface area contributed by atoms with E-state index in [0.29, 0.717) is 19.3 Å². The van der Waals surface area contributed by atoms with Gasteiger partial charge in [-0.25, -0.2) is 0 Å². The lowest BCUT2D eigenvalue weighted by Crippen LogP contribution is -2.27. The summed E-state index contributed by atoms with van der Waals surface area (Å²) in [6.45, 7) is 3.94. The minimum atomic E-state index is -0.816. The number of Topliss-reactive ketones (excluding diaryl/α,β-unsaturated/α-hetero) is 1. The van der Waals surface area contributed by atoms with Gasteiger partial charge in [0.25, 0.3) is 0 Å². The molecule has 0 saturated carbocycles. The molecule has 0 aromatic heterocycles. The van der Waals surface area contributed by atoms with E-state index in [2.05, 4.69) is 0 Å². The molecule has 0 radical (unpaired) electrons. The van der Waals surface area contributed by atoms with Crippen molar-refractivity contribution in [3.05, 3.63) is 0 Å². The second-order valence-corrected chi connectivity index (χ2v) is 3.48. The van der Waals surface area contributed by atoms with E-state index in [1.54, 1.807) is 0 Å². The van der Waals surface area contributed by atoms with Crippen molar-refractivity contribution < 1.29 is 15.0 Å². The maximum atomic E-state index is 11.3. The summed E-state index contributed by atoms with van der Waals surface area (Å²) in [5.74, 6) is -0.0515. The Labute approximate surface area is 79.8 Å². The highest BCUT2D eigenvalue weighted by Gasteiger charge is 2.19. The Kier molecular flexibility index (Phi) is 6.82. The van der Waals surface area contributed by atoms with E-state index in [-0.39, 0.29) is 18.3 Å². The van der Waals surface area contributed by atoms with Crippen molar-refractivity contribution in [3.63, 3.8) is 0 Å². The summed E-state index contributed by atoms with van der Waals surface area (Å²) in [4.78, 5) is 11.3. The molecule has 0 aliphatic rings. The minimum Gasteiger partial charge on any atom is -0.396 e. The number of unbranched alkanes of at least 4 members (excludes halogenated alkanes) is 1. The van der Waals surface area contributed by atoms with Crippen LogP contribution in [0.15, 0.2) is 0 Å². The van der Waals surface area contributed by atoms with Crippen LogP contribution < -0.4 is 0 Å². The summed E-state index contributed by atoms with van der Waals surface area (Å²) in [6.07, 6.45) is 1.68. The molecule has 3 heteroatoms. The van der Waals surface area contributed by atoms with Crippen LogP contribution in [-0.2, 0) is 4.79 Å². The predicted molar refractivity (Wildman–Crippen MR) is 51.4 cm³/mol. The van der Waals surface area contributed by atoms with E-state index >= 15 is 0 Å². The lowest BCUT2D eigenvalue weighted by Gasteiger charge is -2.15. The molecule has 0 amide bonds. The monoisotopic (exact) mass is 188 g/mol. The quantitative estimate of drug-likeness (QED) is 0.589. The van der Waals surface area contributed by atoms with Crippen LogP contribution in [0.3, 0.4) is 0 Å². The van der Waals surface area contributed by atoms with Crippen molar-refractivity contribution in [2.24, 2.45) is 5.92 Å². The Balaban J connectivity index is 3.69. The fourth-order valence-electron chi connectivity index (χ4n) is 1.10. The molecule has 0 heterocycles. The number of carbonyl (C=O) groups is 1. The fraction of sp³-hybridized carbons (Fsp3) is 0.900. The number of aliphatic hydroxyl groups is 2. The average Bonchev–Trinajstić information content (AvgIpc) is 2.15. The van der Waals surface area contributed by atoms with Gasteiger partial charge in [0.1, 0.15) is 6.10 Å².